The van der Waals surface area contributed by atoms with Gasteiger partial charge in [0.05, 0.1) is 31.0 Å². The van der Waals surface area contributed by atoms with Gasteiger partial charge in [-0.05, 0) is 38.1 Å². The molecule has 1 aromatic carbocycles. The minimum Gasteiger partial charge on any atom is -0.473 e. The highest BCUT2D eigenvalue weighted by atomic mass is 16.5. The molecule has 4 heterocycles. The van der Waals surface area contributed by atoms with E-state index in [1.807, 2.05) is 44.5 Å². The molecule has 1 aliphatic heterocycles. The van der Waals surface area contributed by atoms with Crippen molar-refractivity contribution >= 4 is 45.6 Å². The minimum atomic E-state index is -0.0124. The Morgan fingerprint density at radius 1 is 1.17 bits per heavy atom. The van der Waals surface area contributed by atoms with E-state index in [-0.39, 0.29) is 6.10 Å². The highest BCUT2D eigenvalue weighted by Crippen LogP contribution is 2.30. The molecule has 0 saturated carbocycles. The first-order valence-electron chi connectivity index (χ1n) is 9.94. The minimum absolute atomic E-state index is 0.0124. The third-order valence-corrected chi connectivity index (χ3v) is 4.85. The van der Waals surface area contributed by atoms with E-state index in [9.17, 15) is 0 Å². The molecule has 0 bridgehead atoms. The van der Waals surface area contributed by atoms with E-state index in [1.165, 1.54) is 0 Å². The maximum Gasteiger partial charge on any atom is 0.245 e. The number of imidazole rings is 1. The summed E-state index contributed by atoms with van der Waals surface area (Å²) in [5, 5.41) is 4.36. The maximum atomic E-state index is 5.84. The van der Waals surface area contributed by atoms with Crippen molar-refractivity contribution in [1.82, 2.24) is 24.9 Å². The van der Waals surface area contributed by atoms with Crippen molar-refractivity contribution in [2.24, 2.45) is 4.99 Å². The maximum absolute atomic E-state index is 5.84. The zero-order valence-corrected chi connectivity index (χ0v) is 16.8. The Balaban J connectivity index is 1.52. The summed E-state index contributed by atoms with van der Waals surface area (Å²) in [6, 6.07) is 8.09. The van der Waals surface area contributed by atoms with Crippen LogP contribution in [0.25, 0.3) is 22.1 Å². The number of benzene rings is 1. The van der Waals surface area contributed by atoms with E-state index in [2.05, 4.69) is 46.2 Å². The summed E-state index contributed by atoms with van der Waals surface area (Å²) >= 11 is 0. The summed E-state index contributed by atoms with van der Waals surface area (Å²) in [7, 11) is 0. The second-order valence-electron chi connectivity index (χ2n) is 7.34. The van der Waals surface area contributed by atoms with E-state index < -0.39 is 0 Å². The molecule has 5 rings (SSSR count). The van der Waals surface area contributed by atoms with E-state index >= 15 is 0 Å². The highest BCUT2D eigenvalue weighted by Gasteiger charge is 2.15. The van der Waals surface area contributed by atoms with Gasteiger partial charge < -0.3 is 19.9 Å². The molecule has 3 aromatic heterocycles. The van der Waals surface area contributed by atoms with Crippen molar-refractivity contribution in [2.45, 2.75) is 20.0 Å². The number of H-pyrrole nitrogens is 1. The molecule has 0 atom stereocenters. The van der Waals surface area contributed by atoms with Gasteiger partial charge in [-0.15, -0.1) is 0 Å². The Bertz CT molecular complexity index is 1230. The van der Waals surface area contributed by atoms with Gasteiger partial charge in [-0.1, -0.05) is 0 Å². The molecule has 0 aliphatic carbocycles. The summed E-state index contributed by atoms with van der Waals surface area (Å²) in [6.07, 6.45) is 5.38. The first-order valence-corrected chi connectivity index (χ1v) is 9.94. The lowest BCUT2D eigenvalue weighted by Crippen LogP contribution is -2.31. The molecular weight excluding hydrogens is 380 g/mol. The predicted molar refractivity (Wildman–Crippen MR) is 118 cm³/mol. The summed E-state index contributed by atoms with van der Waals surface area (Å²) in [6.45, 7) is 6.41. The van der Waals surface area contributed by atoms with Crippen molar-refractivity contribution < 1.29 is 4.74 Å². The van der Waals surface area contributed by atoms with Crippen LogP contribution < -0.4 is 15.0 Å². The van der Waals surface area contributed by atoms with Gasteiger partial charge in [0.15, 0.2) is 5.65 Å². The molecule has 30 heavy (non-hydrogen) atoms. The Morgan fingerprint density at radius 3 is 2.93 bits per heavy atom. The number of hydrogen-bond donors (Lipinski definition) is 2. The number of nitrogens with zero attached hydrogens (tertiary/aromatic N) is 6. The van der Waals surface area contributed by atoms with Gasteiger partial charge in [-0.25, -0.2) is 4.98 Å². The Morgan fingerprint density at radius 2 is 2.10 bits per heavy atom. The molecule has 1 aliphatic rings. The molecule has 0 spiro atoms. The van der Waals surface area contributed by atoms with E-state index in [0.29, 0.717) is 23.0 Å². The number of aromatic amines is 1. The number of aromatic nitrogens is 5. The third kappa shape index (κ3) is 3.49. The summed E-state index contributed by atoms with van der Waals surface area (Å²) in [4.78, 5) is 27.5. The first-order chi connectivity index (χ1) is 14.7. The molecule has 0 unspecified atom stereocenters. The number of ether oxygens (including phenoxy) is 1. The zero-order valence-electron chi connectivity index (χ0n) is 16.8. The Hall–Kier alpha value is -3.75. The second-order valence-corrected chi connectivity index (χ2v) is 7.34. The smallest absolute Gasteiger partial charge is 0.245 e. The van der Waals surface area contributed by atoms with E-state index in [1.54, 1.807) is 6.33 Å². The summed E-state index contributed by atoms with van der Waals surface area (Å²) < 4.78 is 5.84. The van der Waals surface area contributed by atoms with Crippen LogP contribution in [0.1, 0.15) is 13.8 Å². The SMILES string of the molecule is CC(C)Oc1nc(Nc2ccc3nccc(N4CC=NCC4)c3c2)nc2nc[nH]c12. The molecule has 0 fully saturated rings. The lowest BCUT2D eigenvalue weighted by molar-refractivity contribution is 0.235. The van der Waals surface area contributed by atoms with Gasteiger partial charge >= 0.3 is 0 Å². The fourth-order valence-electron chi connectivity index (χ4n) is 3.52. The predicted octanol–water partition coefficient (Wildman–Crippen LogP) is 3.32. The molecule has 0 amide bonds. The van der Waals surface area contributed by atoms with Gasteiger partial charge in [-0.3, -0.25) is 9.98 Å². The van der Waals surface area contributed by atoms with Gasteiger partial charge in [0.2, 0.25) is 11.8 Å². The first kappa shape index (κ1) is 18.3. The number of hydrogen-bond acceptors (Lipinski definition) is 8. The van der Waals surface area contributed by atoms with Crippen molar-refractivity contribution in [2.75, 3.05) is 29.9 Å². The molecule has 152 valence electrons. The van der Waals surface area contributed by atoms with Crippen LogP contribution in [0.2, 0.25) is 0 Å². The average Bonchev–Trinajstić information content (AvgIpc) is 3.22. The van der Waals surface area contributed by atoms with Crippen LogP contribution in [0.3, 0.4) is 0 Å². The number of anilines is 3. The number of nitrogens with one attached hydrogen (secondary N) is 2. The van der Waals surface area contributed by atoms with Crippen LogP contribution in [-0.2, 0) is 0 Å². The molecule has 2 N–H and O–H groups in total. The molecular formula is C21H22N8O. The van der Waals surface area contributed by atoms with Crippen molar-refractivity contribution in [1.29, 1.82) is 0 Å². The van der Waals surface area contributed by atoms with Crippen LogP contribution in [0.5, 0.6) is 5.88 Å². The molecule has 9 heteroatoms. The Labute approximate surface area is 173 Å². The largest absolute Gasteiger partial charge is 0.473 e. The van der Waals surface area contributed by atoms with Crippen molar-refractivity contribution in [3.8, 4) is 5.88 Å². The topological polar surface area (TPSA) is 104 Å². The zero-order chi connectivity index (χ0) is 20.5. The highest BCUT2D eigenvalue weighted by molar-refractivity contribution is 5.95. The van der Waals surface area contributed by atoms with Crippen LogP contribution in [0.4, 0.5) is 17.3 Å². The van der Waals surface area contributed by atoms with Crippen LogP contribution in [-0.4, -0.2) is 56.9 Å². The number of rotatable bonds is 5. The van der Waals surface area contributed by atoms with Crippen LogP contribution in [0.15, 0.2) is 41.8 Å². The van der Waals surface area contributed by atoms with Gasteiger partial charge in [0, 0.05) is 35.7 Å². The number of fused-ring (bicyclic) bond motifs is 2. The fourth-order valence-corrected chi connectivity index (χ4v) is 3.52. The quantitative estimate of drug-likeness (QED) is 0.528. The van der Waals surface area contributed by atoms with E-state index in [0.717, 1.165) is 41.9 Å². The third-order valence-electron chi connectivity index (χ3n) is 4.85. The van der Waals surface area contributed by atoms with Gasteiger partial charge in [0.25, 0.3) is 0 Å². The van der Waals surface area contributed by atoms with Gasteiger partial charge in [-0.2, -0.15) is 9.97 Å². The van der Waals surface area contributed by atoms with Crippen molar-refractivity contribution in [3.05, 3.63) is 36.8 Å². The molecule has 0 saturated heterocycles. The van der Waals surface area contributed by atoms with Gasteiger partial charge in [0.1, 0.15) is 5.52 Å². The van der Waals surface area contributed by atoms with E-state index in [4.69, 9.17) is 4.74 Å². The molecule has 4 aromatic rings. The second kappa shape index (κ2) is 7.58. The monoisotopic (exact) mass is 402 g/mol. The Kier molecular flexibility index (Phi) is 4.62. The van der Waals surface area contributed by atoms with Crippen LogP contribution >= 0.6 is 0 Å². The van der Waals surface area contributed by atoms with Crippen LogP contribution in [0, 0.1) is 0 Å². The normalized spacial score (nSPS) is 14.0. The lowest BCUT2D eigenvalue weighted by atomic mass is 10.1. The number of pyridine rings is 1. The fraction of sp³-hybridized carbons (Fsp3) is 0.286. The molecule has 9 nitrogen and oxygen atoms in total. The summed E-state index contributed by atoms with van der Waals surface area (Å²) in [5.74, 6) is 0.908. The standard InChI is InChI=1S/C21H22N8O/c1-13(2)30-20-18-19(25-12-24-18)27-21(28-20)26-14-3-4-16-15(11-14)17(5-6-23-16)29-9-7-22-8-10-29/h3-7,11-13H,8-10H2,1-2H3,(H2,24,25,26,27,28). The number of aliphatic imine (C=N–C) groups is 1. The van der Waals surface area contributed by atoms with Crippen molar-refractivity contribution in [3.63, 3.8) is 0 Å². The molecule has 0 radical (unpaired) electrons. The average molecular weight is 402 g/mol. The summed E-state index contributed by atoms with van der Waals surface area (Å²) in [5.41, 5.74) is 4.19. The lowest BCUT2D eigenvalue weighted by Gasteiger charge is -2.26.